The number of hydrogen-bond acceptors (Lipinski definition) is 8. The molecule has 174 valence electrons. The van der Waals surface area contributed by atoms with E-state index >= 15 is 0 Å². The summed E-state index contributed by atoms with van der Waals surface area (Å²) < 4.78 is 52.4. The van der Waals surface area contributed by atoms with E-state index in [0.717, 1.165) is 0 Å². The van der Waals surface area contributed by atoms with Gasteiger partial charge in [-0.05, 0) is 24.6 Å². The molecule has 0 saturated carbocycles. The average Bonchev–Trinajstić information content (AvgIpc) is 3.42. The molecule has 10 nitrogen and oxygen atoms in total. The molecule has 0 amide bonds. The monoisotopic (exact) mass is 498 g/mol. The SMILES string of the molecule is CCN(CC)S(=O)(=O)c1ccc2nc(CSc3nnc([C@@H]4CCS(=O)(=O)C4)n3C)[nH]c2c1. The second kappa shape index (κ2) is 8.76. The van der Waals surface area contributed by atoms with Gasteiger partial charge in [0.1, 0.15) is 11.6 Å². The molecular weight excluding hydrogens is 472 g/mol. The van der Waals surface area contributed by atoms with Crippen molar-refractivity contribution in [2.24, 2.45) is 7.05 Å². The van der Waals surface area contributed by atoms with Gasteiger partial charge in [-0.2, -0.15) is 4.31 Å². The minimum atomic E-state index is -3.54. The molecule has 4 rings (SSSR count). The Morgan fingerprint density at radius 3 is 2.66 bits per heavy atom. The van der Waals surface area contributed by atoms with E-state index < -0.39 is 19.9 Å². The van der Waals surface area contributed by atoms with Crippen LogP contribution in [0.3, 0.4) is 0 Å². The molecule has 0 aliphatic carbocycles. The van der Waals surface area contributed by atoms with Gasteiger partial charge in [0.2, 0.25) is 10.0 Å². The number of aromatic nitrogens is 5. The number of H-pyrrole nitrogens is 1. The summed E-state index contributed by atoms with van der Waals surface area (Å²) in [6.45, 7) is 4.45. The van der Waals surface area contributed by atoms with Crippen molar-refractivity contribution in [1.29, 1.82) is 0 Å². The second-order valence-corrected chi connectivity index (χ2v) is 12.8. The third kappa shape index (κ3) is 4.43. The quantitative estimate of drug-likeness (QED) is 0.466. The fraction of sp³-hybridized carbons (Fsp3) is 0.526. The van der Waals surface area contributed by atoms with Crippen molar-refractivity contribution in [3.63, 3.8) is 0 Å². The highest BCUT2D eigenvalue weighted by Crippen LogP contribution is 2.30. The van der Waals surface area contributed by atoms with Gasteiger partial charge in [0.25, 0.3) is 0 Å². The van der Waals surface area contributed by atoms with E-state index in [1.54, 1.807) is 18.2 Å². The Hall–Kier alpha value is -1.96. The predicted octanol–water partition coefficient (Wildman–Crippen LogP) is 1.92. The number of benzene rings is 1. The van der Waals surface area contributed by atoms with Crippen LogP contribution < -0.4 is 0 Å². The molecule has 1 aromatic carbocycles. The first kappa shape index (κ1) is 23.2. The molecule has 1 N–H and O–H groups in total. The zero-order valence-electron chi connectivity index (χ0n) is 18.1. The van der Waals surface area contributed by atoms with Crippen LogP contribution in [0.4, 0.5) is 0 Å². The van der Waals surface area contributed by atoms with Gasteiger partial charge in [0.05, 0.1) is 33.2 Å². The Morgan fingerprint density at radius 1 is 1.25 bits per heavy atom. The zero-order chi connectivity index (χ0) is 23.1. The van der Waals surface area contributed by atoms with Crippen molar-refractivity contribution in [2.75, 3.05) is 24.6 Å². The zero-order valence-corrected chi connectivity index (χ0v) is 20.6. The maximum absolute atomic E-state index is 12.8. The highest BCUT2D eigenvalue weighted by Gasteiger charge is 2.32. The average molecular weight is 499 g/mol. The third-order valence-electron chi connectivity index (χ3n) is 5.65. The highest BCUT2D eigenvalue weighted by molar-refractivity contribution is 7.98. The van der Waals surface area contributed by atoms with Gasteiger partial charge in [-0.25, -0.2) is 21.8 Å². The molecule has 0 spiro atoms. The van der Waals surface area contributed by atoms with E-state index in [0.29, 0.717) is 53.1 Å². The van der Waals surface area contributed by atoms with Crippen molar-refractivity contribution < 1.29 is 16.8 Å². The van der Waals surface area contributed by atoms with Gasteiger partial charge in [0.15, 0.2) is 15.0 Å². The molecule has 3 heterocycles. The predicted molar refractivity (Wildman–Crippen MR) is 123 cm³/mol. The van der Waals surface area contributed by atoms with Crippen LogP contribution in [0.2, 0.25) is 0 Å². The Morgan fingerprint density at radius 2 is 2.00 bits per heavy atom. The number of hydrogen-bond donors (Lipinski definition) is 1. The fourth-order valence-electron chi connectivity index (χ4n) is 3.92. The van der Waals surface area contributed by atoms with Crippen LogP contribution in [0.1, 0.15) is 37.8 Å². The number of fused-ring (bicyclic) bond motifs is 1. The molecular formula is C19H26N6O4S3. The minimum Gasteiger partial charge on any atom is -0.341 e. The van der Waals surface area contributed by atoms with Crippen LogP contribution in [-0.4, -0.2) is 70.5 Å². The fourth-order valence-corrected chi connectivity index (χ4v) is 7.93. The second-order valence-electron chi connectivity index (χ2n) is 7.74. The highest BCUT2D eigenvalue weighted by atomic mass is 32.2. The van der Waals surface area contributed by atoms with Crippen molar-refractivity contribution in [2.45, 2.75) is 42.0 Å². The molecule has 32 heavy (non-hydrogen) atoms. The Labute approximate surface area is 191 Å². The van der Waals surface area contributed by atoms with Crippen molar-refractivity contribution in [1.82, 2.24) is 29.0 Å². The van der Waals surface area contributed by atoms with E-state index in [4.69, 9.17) is 0 Å². The maximum atomic E-state index is 12.8. The van der Waals surface area contributed by atoms with Gasteiger partial charge in [0, 0.05) is 26.1 Å². The Balaban J connectivity index is 1.50. The van der Waals surface area contributed by atoms with Crippen molar-refractivity contribution >= 4 is 42.7 Å². The molecule has 1 aliphatic rings. The number of rotatable bonds is 8. The maximum Gasteiger partial charge on any atom is 0.243 e. The number of sulfone groups is 1. The molecule has 0 bridgehead atoms. The summed E-state index contributed by atoms with van der Waals surface area (Å²) in [7, 11) is -4.70. The molecule has 3 aromatic rings. The summed E-state index contributed by atoms with van der Waals surface area (Å²) in [6.07, 6.45) is 0.571. The Bertz CT molecular complexity index is 1340. The summed E-state index contributed by atoms with van der Waals surface area (Å²) in [6, 6.07) is 4.90. The summed E-state index contributed by atoms with van der Waals surface area (Å²) in [5.41, 5.74) is 1.34. The molecule has 2 aromatic heterocycles. The van der Waals surface area contributed by atoms with Gasteiger partial charge < -0.3 is 9.55 Å². The standard InChI is InChI=1S/C19H26N6O4S3/c1-4-25(5-2)32(28,29)14-6-7-15-16(10-14)21-17(20-15)11-30-19-23-22-18(24(19)3)13-8-9-31(26,27)12-13/h6-7,10,13H,4-5,8-9,11-12H2,1-3H3,(H,20,21)/t13-/m1/s1. The number of nitrogens with zero attached hydrogens (tertiary/aromatic N) is 5. The molecule has 1 aliphatic heterocycles. The summed E-state index contributed by atoms with van der Waals surface area (Å²) in [4.78, 5) is 7.98. The lowest BCUT2D eigenvalue weighted by Crippen LogP contribution is -2.30. The van der Waals surface area contributed by atoms with Crippen molar-refractivity contribution in [3.8, 4) is 0 Å². The molecule has 13 heteroatoms. The first-order chi connectivity index (χ1) is 15.1. The van der Waals surface area contributed by atoms with E-state index in [9.17, 15) is 16.8 Å². The largest absolute Gasteiger partial charge is 0.341 e. The Kier molecular flexibility index (Phi) is 6.36. The number of thioether (sulfide) groups is 1. The van der Waals surface area contributed by atoms with Gasteiger partial charge in [-0.15, -0.1) is 10.2 Å². The molecule has 0 unspecified atom stereocenters. The minimum absolute atomic E-state index is 0.117. The van der Waals surface area contributed by atoms with Crippen LogP contribution in [0, 0.1) is 0 Å². The van der Waals surface area contributed by atoms with E-state index in [1.165, 1.54) is 16.1 Å². The van der Waals surface area contributed by atoms with Gasteiger partial charge in [-0.3, -0.25) is 0 Å². The normalized spacial score (nSPS) is 18.7. The van der Waals surface area contributed by atoms with E-state index in [2.05, 4.69) is 20.2 Å². The molecule has 1 saturated heterocycles. The van der Waals surface area contributed by atoms with Gasteiger partial charge in [-0.1, -0.05) is 25.6 Å². The lowest BCUT2D eigenvalue weighted by atomic mass is 10.1. The lowest BCUT2D eigenvalue weighted by molar-refractivity contribution is 0.445. The topological polar surface area (TPSA) is 131 Å². The molecule has 1 fully saturated rings. The van der Waals surface area contributed by atoms with Crippen molar-refractivity contribution in [3.05, 3.63) is 29.8 Å². The van der Waals surface area contributed by atoms with E-state index in [1.807, 2.05) is 25.5 Å². The lowest BCUT2D eigenvalue weighted by Gasteiger charge is -2.18. The first-order valence-corrected chi connectivity index (χ1v) is 14.6. The smallest absolute Gasteiger partial charge is 0.243 e. The van der Waals surface area contributed by atoms with Crippen LogP contribution in [0.5, 0.6) is 0 Å². The number of nitrogens with one attached hydrogen (secondary N) is 1. The number of imidazole rings is 1. The number of sulfonamides is 1. The number of aromatic amines is 1. The van der Waals surface area contributed by atoms with Crippen LogP contribution >= 0.6 is 11.8 Å². The summed E-state index contributed by atoms with van der Waals surface area (Å²) in [5, 5.41) is 9.11. The van der Waals surface area contributed by atoms with E-state index in [-0.39, 0.29) is 22.3 Å². The van der Waals surface area contributed by atoms with Crippen LogP contribution in [0.25, 0.3) is 11.0 Å². The first-order valence-electron chi connectivity index (χ1n) is 10.4. The van der Waals surface area contributed by atoms with Crippen LogP contribution in [0.15, 0.2) is 28.3 Å². The summed E-state index contributed by atoms with van der Waals surface area (Å²) in [5.74, 6) is 2.05. The molecule has 1 atom stereocenters. The van der Waals surface area contributed by atoms with Gasteiger partial charge >= 0.3 is 0 Å². The third-order valence-corrected chi connectivity index (χ3v) is 10.5. The van der Waals surface area contributed by atoms with Crippen LogP contribution in [-0.2, 0) is 32.7 Å². The molecule has 0 radical (unpaired) electrons. The summed E-state index contributed by atoms with van der Waals surface area (Å²) >= 11 is 1.44.